The molecule has 2 aliphatic rings. The molecule has 0 aliphatic carbocycles. The monoisotopic (exact) mass is 381 g/mol. The number of benzene rings is 1. The van der Waals surface area contributed by atoms with E-state index in [-0.39, 0.29) is 17.5 Å². The molecule has 148 valence electrons. The van der Waals surface area contributed by atoms with Crippen molar-refractivity contribution in [3.05, 3.63) is 63.9 Å². The van der Waals surface area contributed by atoms with E-state index in [0.717, 1.165) is 56.8 Å². The summed E-state index contributed by atoms with van der Waals surface area (Å²) in [5.41, 5.74) is 2.15. The van der Waals surface area contributed by atoms with Crippen molar-refractivity contribution in [1.82, 2.24) is 25.0 Å². The summed E-state index contributed by atoms with van der Waals surface area (Å²) in [7, 11) is 0. The van der Waals surface area contributed by atoms with Crippen LogP contribution in [0, 0.1) is 0 Å². The number of piperidine rings is 1. The Hall–Kier alpha value is -2.67. The van der Waals surface area contributed by atoms with Crippen molar-refractivity contribution in [3.63, 3.8) is 0 Å². The van der Waals surface area contributed by atoms with Gasteiger partial charge in [0.05, 0.1) is 6.54 Å². The number of nitrogens with zero attached hydrogens (tertiary/aromatic N) is 3. The summed E-state index contributed by atoms with van der Waals surface area (Å²) >= 11 is 0. The Bertz CT molecular complexity index is 891. The first-order valence-electron chi connectivity index (χ1n) is 10.1. The minimum Gasteiger partial charge on any atom is -0.342 e. The molecule has 1 aromatic carbocycles. The molecule has 7 heteroatoms. The zero-order chi connectivity index (χ0) is 19.3. The first-order chi connectivity index (χ1) is 13.7. The van der Waals surface area contributed by atoms with E-state index in [2.05, 4.69) is 21.6 Å². The molecule has 0 radical (unpaired) electrons. The predicted octanol–water partition coefficient (Wildman–Crippen LogP) is 1.64. The van der Waals surface area contributed by atoms with Crippen LogP contribution in [-0.2, 0) is 11.3 Å². The number of hydrogen-bond acceptors (Lipinski definition) is 4. The van der Waals surface area contributed by atoms with Crippen LogP contribution in [0.1, 0.15) is 43.0 Å². The summed E-state index contributed by atoms with van der Waals surface area (Å²) in [4.78, 5) is 26.8. The average Bonchev–Trinajstić information content (AvgIpc) is 3.10. The lowest BCUT2D eigenvalue weighted by molar-refractivity contribution is -0.131. The van der Waals surface area contributed by atoms with Crippen molar-refractivity contribution in [1.29, 1.82) is 0 Å². The molecule has 0 atom stereocenters. The highest BCUT2D eigenvalue weighted by Gasteiger charge is 2.28. The molecule has 0 spiro atoms. The smallest absolute Gasteiger partial charge is 0.342 e. The maximum atomic E-state index is 12.6. The number of carbonyl (C=O) groups excluding carboxylic acids is 1. The van der Waals surface area contributed by atoms with Crippen molar-refractivity contribution >= 4 is 5.91 Å². The Morgan fingerprint density at radius 1 is 1.18 bits per heavy atom. The second-order valence-corrected chi connectivity index (χ2v) is 7.61. The molecule has 2 aliphatic heterocycles. The van der Waals surface area contributed by atoms with Crippen LogP contribution < -0.4 is 11.0 Å². The number of aromatic amines is 1. The quantitative estimate of drug-likeness (QED) is 0.772. The maximum absolute atomic E-state index is 12.6. The summed E-state index contributed by atoms with van der Waals surface area (Å²) in [6.45, 7) is 3.79. The van der Waals surface area contributed by atoms with Gasteiger partial charge in [0.15, 0.2) is 0 Å². The molecule has 1 amide bonds. The second kappa shape index (κ2) is 8.56. The van der Waals surface area contributed by atoms with Gasteiger partial charge in [0.1, 0.15) is 5.82 Å². The van der Waals surface area contributed by atoms with Gasteiger partial charge in [-0.25, -0.2) is 9.89 Å². The van der Waals surface area contributed by atoms with Gasteiger partial charge in [-0.05, 0) is 31.4 Å². The van der Waals surface area contributed by atoms with Crippen LogP contribution in [-0.4, -0.2) is 51.8 Å². The highest BCUT2D eigenvalue weighted by Crippen LogP contribution is 2.27. The Morgan fingerprint density at radius 3 is 2.68 bits per heavy atom. The normalized spacial score (nSPS) is 18.1. The molecule has 0 unspecified atom stereocenters. The number of H-pyrrole nitrogens is 1. The summed E-state index contributed by atoms with van der Waals surface area (Å²) in [5.74, 6) is 1.22. The number of carbonyl (C=O) groups is 1. The fourth-order valence-corrected chi connectivity index (χ4v) is 4.08. The van der Waals surface area contributed by atoms with E-state index in [1.165, 1.54) is 5.57 Å². The van der Waals surface area contributed by atoms with Gasteiger partial charge in [0.2, 0.25) is 5.91 Å². The van der Waals surface area contributed by atoms with Crippen molar-refractivity contribution in [3.8, 4) is 0 Å². The van der Waals surface area contributed by atoms with Crippen LogP contribution in [0.15, 0.2) is 46.8 Å². The molecule has 1 fully saturated rings. The van der Waals surface area contributed by atoms with Gasteiger partial charge in [-0.3, -0.25) is 9.36 Å². The fraction of sp³-hybridized carbons (Fsp3) is 0.476. The SMILES string of the molecule is O=C(CC1=CCNCC1)N1CCC(c2n[nH]c(=O)n2Cc2ccccc2)CC1. The lowest BCUT2D eigenvalue weighted by Crippen LogP contribution is -2.39. The Kier molecular flexibility index (Phi) is 5.71. The Labute approximate surface area is 164 Å². The van der Waals surface area contributed by atoms with Gasteiger partial charge < -0.3 is 10.2 Å². The van der Waals surface area contributed by atoms with E-state index in [0.29, 0.717) is 13.0 Å². The number of amides is 1. The highest BCUT2D eigenvalue weighted by atomic mass is 16.2. The predicted molar refractivity (Wildman–Crippen MR) is 107 cm³/mol. The molecule has 28 heavy (non-hydrogen) atoms. The van der Waals surface area contributed by atoms with Gasteiger partial charge in [0, 0.05) is 32.0 Å². The highest BCUT2D eigenvalue weighted by molar-refractivity contribution is 5.78. The summed E-state index contributed by atoms with van der Waals surface area (Å²) < 4.78 is 1.73. The van der Waals surface area contributed by atoms with Gasteiger partial charge in [-0.15, -0.1) is 0 Å². The summed E-state index contributed by atoms with van der Waals surface area (Å²) in [6.07, 6.45) is 5.31. The molecule has 0 bridgehead atoms. The third-order valence-corrected chi connectivity index (χ3v) is 5.72. The summed E-state index contributed by atoms with van der Waals surface area (Å²) in [6, 6.07) is 9.94. The van der Waals surface area contributed by atoms with Crippen LogP contribution in [0.2, 0.25) is 0 Å². The molecule has 2 N–H and O–H groups in total. The largest absolute Gasteiger partial charge is 0.343 e. The average molecular weight is 381 g/mol. The molecule has 3 heterocycles. The van der Waals surface area contributed by atoms with E-state index in [4.69, 9.17) is 0 Å². The van der Waals surface area contributed by atoms with Gasteiger partial charge in [-0.2, -0.15) is 5.10 Å². The Morgan fingerprint density at radius 2 is 1.96 bits per heavy atom. The number of rotatable bonds is 5. The molecular weight excluding hydrogens is 354 g/mol. The molecule has 1 saturated heterocycles. The van der Waals surface area contributed by atoms with Crippen molar-refractivity contribution in [2.24, 2.45) is 0 Å². The van der Waals surface area contributed by atoms with Crippen LogP contribution in [0.25, 0.3) is 0 Å². The number of aromatic nitrogens is 3. The fourth-order valence-electron chi connectivity index (χ4n) is 4.08. The van der Waals surface area contributed by atoms with E-state index in [1.807, 2.05) is 35.2 Å². The third kappa shape index (κ3) is 4.25. The zero-order valence-electron chi connectivity index (χ0n) is 16.1. The van der Waals surface area contributed by atoms with E-state index < -0.39 is 0 Å². The number of likely N-dealkylation sites (tertiary alicyclic amines) is 1. The minimum absolute atomic E-state index is 0.171. The van der Waals surface area contributed by atoms with Crippen LogP contribution in [0.4, 0.5) is 0 Å². The van der Waals surface area contributed by atoms with Crippen LogP contribution >= 0.6 is 0 Å². The molecule has 1 aromatic heterocycles. The van der Waals surface area contributed by atoms with Crippen molar-refractivity contribution in [2.75, 3.05) is 26.2 Å². The van der Waals surface area contributed by atoms with E-state index >= 15 is 0 Å². The van der Waals surface area contributed by atoms with Gasteiger partial charge in [0.25, 0.3) is 0 Å². The molecule has 4 rings (SSSR count). The summed E-state index contributed by atoms with van der Waals surface area (Å²) in [5, 5.41) is 10.2. The maximum Gasteiger partial charge on any atom is 0.343 e. The Balaban J connectivity index is 1.38. The van der Waals surface area contributed by atoms with E-state index in [1.54, 1.807) is 4.57 Å². The van der Waals surface area contributed by atoms with Gasteiger partial charge >= 0.3 is 5.69 Å². The van der Waals surface area contributed by atoms with Gasteiger partial charge in [-0.1, -0.05) is 42.0 Å². The number of nitrogens with one attached hydrogen (secondary N) is 2. The lowest BCUT2D eigenvalue weighted by atomic mass is 9.95. The molecule has 0 saturated carbocycles. The first-order valence-corrected chi connectivity index (χ1v) is 10.1. The lowest BCUT2D eigenvalue weighted by Gasteiger charge is -2.32. The number of hydrogen-bond donors (Lipinski definition) is 2. The van der Waals surface area contributed by atoms with Crippen molar-refractivity contribution < 1.29 is 4.79 Å². The van der Waals surface area contributed by atoms with Crippen molar-refractivity contribution in [2.45, 2.75) is 38.1 Å². The molecule has 2 aromatic rings. The molecule has 7 nitrogen and oxygen atoms in total. The topological polar surface area (TPSA) is 83.0 Å². The third-order valence-electron chi connectivity index (χ3n) is 5.72. The van der Waals surface area contributed by atoms with Crippen LogP contribution in [0.5, 0.6) is 0 Å². The minimum atomic E-state index is -0.171. The zero-order valence-corrected chi connectivity index (χ0v) is 16.1. The molecular formula is C21H27N5O2. The first kappa shape index (κ1) is 18.7. The van der Waals surface area contributed by atoms with Crippen LogP contribution in [0.3, 0.4) is 0 Å². The standard InChI is InChI=1S/C21H27N5O2/c27-19(14-16-6-10-22-11-7-16)25-12-8-18(9-13-25)20-23-24-21(28)26(20)15-17-4-2-1-3-5-17/h1-6,18,22H,7-15H2,(H,24,28). The van der Waals surface area contributed by atoms with E-state index in [9.17, 15) is 9.59 Å². The second-order valence-electron chi connectivity index (χ2n) is 7.61.